The van der Waals surface area contributed by atoms with Gasteiger partial charge in [0, 0.05) is 0 Å². The van der Waals surface area contributed by atoms with E-state index in [1.807, 2.05) is 12.1 Å². The Kier molecular flexibility index (Phi) is 6.95. The molecule has 0 aliphatic heterocycles. The molecule has 3 aromatic carbocycles. The predicted molar refractivity (Wildman–Crippen MR) is 117 cm³/mol. The molecule has 0 atom stereocenters. The lowest BCUT2D eigenvalue weighted by atomic mass is 10.1. The number of allylic oxidation sites excluding steroid dienone is 2. The van der Waals surface area contributed by atoms with Crippen molar-refractivity contribution in [3.63, 3.8) is 0 Å². The van der Waals surface area contributed by atoms with Crippen molar-refractivity contribution in [2.24, 2.45) is 0 Å². The quantitative estimate of drug-likeness (QED) is 0.282. The van der Waals surface area contributed by atoms with Crippen LogP contribution in [0.5, 0.6) is 11.5 Å². The third-order valence-corrected chi connectivity index (χ3v) is 4.34. The number of carbonyl (C=O) groups is 2. The SMILES string of the molecule is C=CCc1cccc(OC(=O)c2ccccc2C(=O)Oc2cccc(CC=C)c2)c1. The smallest absolute Gasteiger partial charge is 0.344 e. The minimum atomic E-state index is -0.626. The molecule has 0 fully saturated rings. The Labute approximate surface area is 176 Å². The second-order valence-electron chi connectivity index (χ2n) is 6.61. The van der Waals surface area contributed by atoms with Crippen LogP contribution in [0.4, 0.5) is 0 Å². The minimum absolute atomic E-state index is 0.138. The van der Waals surface area contributed by atoms with Crippen molar-refractivity contribution in [2.75, 3.05) is 0 Å². The zero-order valence-corrected chi connectivity index (χ0v) is 16.5. The highest BCUT2D eigenvalue weighted by molar-refractivity contribution is 6.04. The normalized spacial score (nSPS) is 10.1. The van der Waals surface area contributed by atoms with Gasteiger partial charge in [0.15, 0.2) is 0 Å². The van der Waals surface area contributed by atoms with Crippen LogP contribution in [0.1, 0.15) is 31.8 Å². The molecule has 3 rings (SSSR count). The maximum atomic E-state index is 12.7. The fourth-order valence-corrected chi connectivity index (χ4v) is 2.97. The number of rotatable bonds is 8. The molecule has 0 bridgehead atoms. The van der Waals surface area contributed by atoms with Gasteiger partial charge in [0.2, 0.25) is 0 Å². The van der Waals surface area contributed by atoms with E-state index in [1.165, 1.54) is 0 Å². The summed E-state index contributed by atoms with van der Waals surface area (Å²) in [6.07, 6.45) is 4.88. The number of ether oxygens (including phenoxy) is 2. The van der Waals surface area contributed by atoms with Gasteiger partial charge in [-0.25, -0.2) is 9.59 Å². The monoisotopic (exact) mass is 398 g/mol. The lowest BCUT2D eigenvalue weighted by molar-refractivity contribution is 0.0692. The Morgan fingerprint density at radius 1 is 0.667 bits per heavy atom. The van der Waals surface area contributed by atoms with E-state index in [2.05, 4.69) is 13.2 Å². The average molecular weight is 398 g/mol. The van der Waals surface area contributed by atoms with E-state index in [4.69, 9.17) is 9.47 Å². The van der Waals surface area contributed by atoms with Crippen molar-refractivity contribution in [3.8, 4) is 11.5 Å². The summed E-state index contributed by atoms with van der Waals surface area (Å²) in [7, 11) is 0. The van der Waals surface area contributed by atoms with Crippen LogP contribution >= 0.6 is 0 Å². The maximum Gasteiger partial charge on any atom is 0.344 e. The fraction of sp³-hybridized carbons (Fsp3) is 0.0769. The second-order valence-corrected chi connectivity index (χ2v) is 6.61. The summed E-state index contributed by atoms with van der Waals surface area (Å²) >= 11 is 0. The molecule has 0 N–H and O–H groups in total. The molecule has 30 heavy (non-hydrogen) atoms. The first-order valence-corrected chi connectivity index (χ1v) is 9.53. The maximum absolute atomic E-state index is 12.7. The van der Waals surface area contributed by atoms with Crippen molar-refractivity contribution >= 4 is 11.9 Å². The third-order valence-electron chi connectivity index (χ3n) is 4.34. The van der Waals surface area contributed by atoms with Crippen molar-refractivity contribution < 1.29 is 19.1 Å². The molecule has 0 aromatic heterocycles. The summed E-state index contributed by atoms with van der Waals surface area (Å²) in [4.78, 5) is 25.5. The minimum Gasteiger partial charge on any atom is -0.423 e. The highest BCUT2D eigenvalue weighted by atomic mass is 16.5. The van der Waals surface area contributed by atoms with E-state index in [0.717, 1.165) is 11.1 Å². The van der Waals surface area contributed by atoms with Gasteiger partial charge in [-0.05, 0) is 60.4 Å². The van der Waals surface area contributed by atoms with Crippen molar-refractivity contribution in [2.45, 2.75) is 12.8 Å². The van der Waals surface area contributed by atoms with E-state index >= 15 is 0 Å². The van der Waals surface area contributed by atoms with Crippen LogP contribution in [-0.4, -0.2) is 11.9 Å². The molecule has 150 valence electrons. The molecule has 3 aromatic rings. The van der Waals surface area contributed by atoms with E-state index in [1.54, 1.807) is 72.8 Å². The van der Waals surface area contributed by atoms with Gasteiger partial charge in [-0.15, -0.1) is 13.2 Å². The van der Waals surface area contributed by atoms with E-state index in [0.29, 0.717) is 24.3 Å². The van der Waals surface area contributed by atoms with E-state index in [9.17, 15) is 9.59 Å². The zero-order chi connectivity index (χ0) is 21.3. The molecule has 0 unspecified atom stereocenters. The van der Waals surface area contributed by atoms with Gasteiger partial charge in [-0.1, -0.05) is 48.6 Å². The summed E-state index contributed by atoms with van der Waals surface area (Å²) in [6, 6.07) is 20.8. The Morgan fingerprint density at radius 2 is 1.10 bits per heavy atom. The van der Waals surface area contributed by atoms with Crippen molar-refractivity contribution in [3.05, 3.63) is 120 Å². The van der Waals surface area contributed by atoms with Crippen LogP contribution in [0.25, 0.3) is 0 Å². The molecule has 0 saturated carbocycles. The number of benzene rings is 3. The van der Waals surface area contributed by atoms with Gasteiger partial charge in [0.05, 0.1) is 11.1 Å². The van der Waals surface area contributed by atoms with Crippen molar-refractivity contribution in [1.82, 2.24) is 0 Å². The molecule has 0 amide bonds. The van der Waals surface area contributed by atoms with Crippen LogP contribution in [0, 0.1) is 0 Å². The first-order valence-electron chi connectivity index (χ1n) is 9.53. The number of hydrogen-bond donors (Lipinski definition) is 0. The lowest BCUT2D eigenvalue weighted by Gasteiger charge is -2.10. The molecule has 0 heterocycles. The van der Waals surface area contributed by atoms with Crippen LogP contribution in [-0.2, 0) is 12.8 Å². The Hall–Kier alpha value is -3.92. The third kappa shape index (κ3) is 5.32. The molecule has 0 radical (unpaired) electrons. The van der Waals surface area contributed by atoms with Gasteiger partial charge in [0.1, 0.15) is 11.5 Å². The predicted octanol–water partition coefficient (Wildman–Crippen LogP) is 5.58. The van der Waals surface area contributed by atoms with E-state index in [-0.39, 0.29) is 11.1 Å². The number of hydrogen-bond acceptors (Lipinski definition) is 4. The largest absolute Gasteiger partial charge is 0.423 e. The van der Waals surface area contributed by atoms with Gasteiger partial charge >= 0.3 is 11.9 Å². The van der Waals surface area contributed by atoms with Gasteiger partial charge in [-0.2, -0.15) is 0 Å². The second kappa shape index (κ2) is 10.0. The van der Waals surface area contributed by atoms with Gasteiger partial charge < -0.3 is 9.47 Å². The molecule has 0 aliphatic carbocycles. The van der Waals surface area contributed by atoms with Crippen molar-refractivity contribution in [1.29, 1.82) is 0 Å². The molecule has 4 nitrogen and oxygen atoms in total. The topological polar surface area (TPSA) is 52.6 Å². The summed E-state index contributed by atoms with van der Waals surface area (Å²) in [6.45, 7) is 7.42. The first-order chi connectivity index (χ1) is 14.6. The van der Waals surface area contributed by atoms with Gasteiger partial charge in [0.25, 0.3) is 0 Å². The zero-order valence-electron chi connectivity index (χ0n) is 16.5. The molecule has 0 saturated heterocycles. The Morgan fingerprint density at radius 3 is 1.50 bits per heavy atom. The summed E-state index contributed by atoms with van der Waals surface area (Å²) in [5.41, 5.74) is 2.22. The molecule has 0 aliphatic rings. The van der Waals surface area contributed by atoms with Gasteiger partial charge in [-0.3, -0.25) is 0 Å². The standard InChI is InChI=1S/C26H22O4/c1-3-9-19-11-7-13-21(17-19)29-25(27)23-15-5-6-16-24(23)26(28)30-22-14-8-12-20(18-22)10-4-2/h3-8,11-18H,1-2,9-10H2. The molecule has 4 heteroatoms. The Bertz CT molecular complexity index is 995. The highest BCUT2D eigenvalue weighted by Crippen LogP contribution is 2.20. The fourth-order valence-electron chi connectivity index (χ4n) is 2.97. The number of esters is 2. The summed E-state index contributed by atoms with van der Waals surface area (Å²) < 4.78 is 11.0. The highest BCUT2D eigenvalue weighted by Gasteiger charge is 2.20. The molecular formula is C26H22O4. The Balaban J connectivity index is 1.79. The van der Waals surface area contributed by atoms with Crippen LogP contribution < -0.4 is 9.47 Å². The summed E-state index contributed by atoms with van der Waals surface area (Å²) in [5, 5.41) is 0. The van der Waals surface area contributed by atoms with Crippen LogP contribution in [0.15, 0.2) is 98.1 Å². The average Bonchev–Trinajstić information content (AvgIpc) is 2.75. The number of carbonyl (C=O) groups excluding carboxylic acids is 2. The van der Waals surface area contributed by atoms with Crippen LogP contribution in [0.3, 0.4) is 0 Å². The molecular weight excluding hydrogens is 376 g/mol. The van der Waals surface area contributed by atoms with Crippen LogP contribution in [0.2, 0.25) is 0 Å². The first kappa shape index (κ1) is 20.8. The summed E-state index contributed by atoms with van der Waals surface area (Å²) in [5.74, 6) is -0.447. The molecule has 0 spiro atoms. The van der Waals surface area contributed by atoms with E-state index < -0.39 is 11.9 Å². The lowest BCUT2D eigenvalue weighted by Crippen LogP contribution is -2.17.